The van der Waals surface area contributed by atoms with Crippen molar-refractivity contribution >= 4 is 46.0 Å². The van der Waals surface area contributed by atoms with Gasteiger partial charge in [0, 0.05) is 30.6 Å². The summed E-state index contributed by atoms with van der Waals surface area (Å²) in [6.07, 6.45) is 1.44. The Kier molecular flexibility index (Phi) is 5.65. The molecule has 1 saturated heterocycles. The van der Waals surface area contributed by atoms with Crippen molar-refractivity contribution in [2.24, 2.45) is 5.92 Å². The number of amides is 1. The molecule has 0 unspecified atom stereocenters. The number of carbonyl (C=O) groups excluding carboxylic acids is 1. The molecule has 2 N–H and O–H groups in total. The highest BCUT2D eigenvalue weighted by Gasteiger charge is 2.34. The number of hydrogen-bond acceptors (Lipinski definition) is 9. The second-order valence-corrected chi connectivity index (χ2v) is 9.24. The van der Waals surface area contributed by atoms with Crippen molar-refractivity contribution in [3.8, 4) is 6.01 Å². The van der Waals surface area contributed by atoms with Crippen molar-refractivity contribution in [1.82, 2.24) is 29.8 Å². The lowest BCUT2D eigenvalue weighted by atomic mass is 10.0. The summed E-state index contributed by atoms with van der Waals surface area (Å²) >= 11 is 7.57. The third-order valence-electron chi connectivity index (χ3n) is 4.25. The Bertz CT molecular complexity index is 1030. The minimum atomic E-state index is -0.499. The molecule has 0 aromatic carbocycles. The van der Waals surface area contributed by atoms with E-state index >= 15 is 0 Å². The number of halogens is 1. The van der Waals surface area contributed by atoms with Crippen LogP contribution in [0.4, 0.5) is 10.6 Å². The Morgan fingerprint density at radius 2 is 2.17 bits per heavy atom. The lowest BCUT2D eigenvalue weighted by molar-refractivity contribution is -0.00829. The maximum Gasteiger partial charge on any atom is 0.410 e. The smallest absolute Gasteiger partial charge is 0.410 e. The normalized spacial score (nSPS) is 14.6. The molecule has 0 bridgehead atoms. The molecule has 160 valence electrons. The van der Waals surface area contributed by atoms with Crippen LogP contribution in [0.15, 0.2) is 11.6 Å². The number of anilines is 1. The highest BCUT2D eigenvalue weighted by molar-refractivity contribution is 7.09. The van der Waals surface area contributed by atoms with Gasteiger partial charge < -0.3 is 19.7 Å². The van der Waals surface area contributed by atoms with E-state index in [1.54, 1.807) is 22.4 Å². The molecule has 0 saturated carbocycles. The van der Waals surface area contributed by atoms with Crippen LogP contribution in [0.1, 0.15) is 25.8 Å². The van der Waals surface area contributed by atoms with Crippen LogP contribution in [0.3, 0.4) is 0 Å². The summed E-state index contributed by atoms with van der Waals surface area (Å²) in [6.45, 7) is 7.64. The first-order chi connectivity index (χ1) is 14.3. The van der Waals surface area contributed by atoms with Crippen LogP contribution in [0, 0.1) is 5.92 Å². The Balaban J connectivity index is 1.34. The first-order valence-corrected chi connectivity index (χ1v) is 10.7. The fourth-order valence-electron chi connectivity index (χ4n) is 2.89. The van der Waals surface area contributed by atoms with Gasteiger partial charge in [-0.25, -0.2) is 9.78 Å². The summed E-state index contributed by atoms with van der Waals surface area (Å²) in [4.78, 5) is 33.7. The summed E-state index contributed by atoms with van der Waals surface area (Å²) in [6, 6.07) is 0.328. The Hall–Kier alpha value is -2.66. The largest absolute Gasteiger partial charge is 0.464 e. The number of hydrogen-bond donors (Lipinski definition) is 2. The van der Waals surface area contributed by atoms with Crippen molar-refractivity contribution in [3.05, 3.63) is 21.9 Å². The highest BCUT2D eigenvalue weighted by atomic mass is 35.5. The van der Waals surface area contributed by atoms with Crippen LogP contribution >= 0.6 is 22.9 Å². The van der Waals surface area contributed by atoms with E-state index in [1.807, 2.05) is 26.2 Å². The topological polar surface area (TPSA) is 118 Å². The first-order valence-electron chi connectivity index (χ1n) is 9.43. The first kappa shape index (κ1) is 20.6. The second kappa shape index (κ2) is 8.23. The van der Waals surface area contributed by atoms with E-state index in [9.17, 15) is 4.79 Å². The van der Waals surface area contributed by atoms with Crippen LogP contribution in [0.25, 0.3) is 11.2 Å². The fourth-order valence-corrected chi connectivity index (χ4v) is 3.62. The van der Waals surface area contributed by atoms with Gasteiger partial charge in [0.05, 0.1) is 13.2 Å². The predicted octanol–water partition coefficient (Wildman–Crippen LogP) is 3.32. The summed E-state index contributed by atoms with van der Waals surface area (Å²) in [7, 11) is 0. The minimum absolute atomic E-state index is 0.103. The van der Waals surface area contributed by atoms with Gasteiger partial charge >= 0.3 is 6.09 Å². The highest BCUT2D eigenvalue weighted by Crippen LogP contribution is 2.25. The summed E-state index contributed by atoms with van der Waals surface area (Å²) in [5.41, 5.74) is 0.520. The average molecular weight is 452 g/mol. The van der Waals surface area contributed by atoms with Crippen LogP contribution in [0.2, 0.25) is 5.28 Å². The zero-order valence-electron chi connectivity index (χ0n) is 16.8. The van der Waals surface area contributed by atoms with E-state index in [4.69, 9.17) is 21.1 Å². The molecule has 12 heteroatoms. The van der Waals surface area contributed by atoms with Crippen molar-refractivity contribution < 1.29 is 14.3 Å². The van der Waals surface area contributed by atoms with Gasteiger partial charge in [0.1, 0.15) is 10.6 Å². The minimum Gasteiger partial charge on any atom is -0.464 e. The third kappa shape index (κ3) is 4.90. The third-order valence-corrected chi connectivity index (χ3v) is 5.20. The Labute approximate surface area is 182 Å². The average Bonchev–Trinajstić information content (AvgIpc) is 3.25. The number of ether oxygens (including phenoxy) is 2. The number of aromatic amines is 1. The monoisotopic (exact) mass is 451 g/mol. The molecule has 30 heavy (non-hydrogen) atoms. The number of nitrogens with zero attached hydrogens (tertiary/aromatic N) is 5. The predicted molar refractivity (Wildman–Crippen MR) is 113 cm³/mol. The summed E-state index contributed by atoms with van der Waals surface area (Å²) in [5, 5.41) is 6.12. The number of carbonyl (C=O) groups is 1. The maximum atomic E-state index is 12.0. The number of fused-ring (bicyclic) bond motifs is 1. The van der Waals surface area contributed by atoms with Gasteiger partial charge in [-0.2, -0.15) is 15.0 Å². The van der Waals surface area contributed by atoms with E-state index in [0.717, 1.165) is 5.01 Å². The number of H-pyrrole nitrogens is 1. The van der Waals surface area contributed by atoms with Gasteiger partial charge in [-0.1, -0.05) is 0 Å². The molecular formula is C18H22ClN7O3S. The molecule has 1 aliphatic heterocycles. The van der Waals surface area contributed by atoms with E-state index in [1.165, 1.54) is 0 Å². The number of imidazole rings is 1. The molecular weight excluding hydrogens is 430 g/mol. The summed E-state index contributed by atoms with van der Waals surface area (Å²) in [5.74, 6) is 0.717. The zero-order valence-corrected chi connectivity index (χ0v) is 18.4. The molecule has 1 fully saturated rings. The number of thiazole rings is 1. The van der Waals surface area contributed by atoms with E-state index < -0.39 is 5.60 Å². The molecule has 1 amide bonds. The van der Waals surface area contributed by atoms with Gasteiger partial charge in [-0.05, 0) is 32.4 Å². The lowest BCUT2D eigenvalue weighted by Crippen LogP contribution is -2.53. The number of aromatic nitrogens is 5. The van der Waals surface area contributed by atoms with Gasteiger partial charge in [0.15, 0.2) is 17.0 Å². The second-order valence-electron chi connectivity index (χ2n) is 7.92. The van der Waals surface area contributed by atoms with Gasteiger partial charge in [-0.3, -0.25) is 4.98 Å². The molecule has 10 nitrogen and oxygen atoms in total. The van der Waals surface area contributed by atoms with Gasteiger partial charge in [0.25, 0.3) is 6.01 Å². The van der Waals surface area contributed by atoms with Crippen molar-refractivity contribution in [2.75, 3.05) is 25.0 Å². The number of nitrogens with one attached hydrogen (secondary N) is 2. The standard InChI is InChI=1S/C18H22ClN7O3S/c1-18(2,3)29-17(27)26-7-10(8-26)9-28-16-22-12-13(21-6-11-20-4-5-30-11)23-15(19)24-14(12)25-16/h4-5,10H,6-9H2,1-3H3,(H2,21,22,23,24,25). The number of rotatable bonds is 6. The van der Waals surface area contributed by atoms with Crippen LogP contribution in [-0.4, -0.2) is 61.2 Å². The van der Waals surface area contributed by atoms with Crippen molar-refractivity contribution in [1.29, 1.82) is 0 Å². The molecule has 1 aliphatic rings. The molecule has 3 aromatic rings. The Morgan fingerprint density at radius 3 is 2.87 bits per heavy atom. The van der Waals surface area contributed by atoms with Crippen LogP contribution in [-0.2, 0) is 11.3 Å². The van der Waals surface area contributed by atoms with Crippen molar-refractivity contribution in [2.45, 2.75) is 32.9 Å². The molecule has 0 atom stereocenters. The molecule has 3 aromatic heterocycles. The molecule has 0 radical (unpaired) electrons. The van der Waals surface area contributed by atoms with Crippen molar-refractivity contribution in [3.63, 3.8) is 0 Å². The van der Waals surface area contributed by atoms with Gasteiger partial charge in [0.2, 0.25) is 5.28 Å². The summed E-state index contributed by atoms with van der Waals surface area (Å²) < 4.78 is 11.1. The van der Waals surface area contributed by atoms with Gasteiger partial charge in [-0.15, -0.1) is 11.3 Å². The molecule has 0 spiro atoms. The zero-order chi connectivity index (χ0) is 21.3. The lowest BCUT2D eigenvalue weighted by Gasteiger charge is -2.39. The van der Waals surface area contributed by atoms with Crippen LogP contribution < -0.4 is 10.1 Å². The SMILES string of the molecule is CC(C)(C)OC(=O)N1CC(COc2nc3c(NCc4nccs4)nc(Cl)nc3[nH]2)C1. The maximum absolute atomic E-state index is 12.0. The van der Waals surface area contributed by atoms with E-state index in [-0.39, 0.29) is 17.3 Å². The number of likely N-dealkylation sites (tertiary alicyclic amines) is 1. The molecule has 4 rings (SSSR count). The molecule has 0 aliphatic carbocycles. The molecule has 4 heterocycles. The van der Waals surface area contributed by atoms with E-state index in [2.05, 4.69) is 30.2 Å². The quantitative estimate of drug-likeness (QED) is 0.548. The Morgan fingerprint density at radius 1 is 1.37 bits per heavy atom. The van der Waals surface area contributed by atoms with Crippen LogP contribution in [0.5, 0.6) is 6.01 Å². The van der Waals surface area contributed by atoms with E-state index in [0.29, 0.717) is 49.2 Å². The fraction of sp³-hybridized carbons (Fsp3) is 0.500.